The van der Waals surface area contributed by atoms with Gasteiger partial charge in [-0.2, -0.15) is 0 Å². The quantitative estimate of drug-likeness (QED) is 0.291. The molecule has 0 atom stereocenters. The number of rotatable bonds is 6. The van der Waals surface area contributed by atoms with Crippen molar-refractivity contribution >= 4 is 23.8 Å². The summed E-state index contributed by atoms with van der Waals surface area (Å²) < 4.78 is 0. The second kappa shape index (κ2) is 12.3. The van der Waals surface area contributed by atoms with E-state index >= 15 is 0 Å². The third kappa shape index (κ3) is 5.61. The molecule has 0 unspecified atom stereocenters. The molecule has 0 aliphatic heterocycles. The molecule has 3 aliphatic rings. The molecule has 0 amide bonds. The third-order valence-electron chi connectivity index (χ3n) is 9.67. The van der Waals surface area contributed by atoms with E-state index in [-0.39, 0.29) is 0 Å². The summed E-state index contributed by atoms with van der Waals surface area (Å²) in [5.74, 6) is 2.20. The van der Waals surface area contributed by atoms with Crippen LogP contribution in [0, 0.1) is 0 Å². The predicted octanol–water partition coefficient (Wildman–Crippen LogP) is 9.59. The zero-order chi connectivity index (χ0) is 24.9. The van der Waals surface area contributed by atoms with E-state index in [1.165, 1.54) is 96.3 Å². The fourth-order valence-corrected chi connectivity index (χ4v) is 10.8. The molecule has 3 aromatic carbocycles. The van der Waals surface area contributed by atoms with Crippen LogP contribution in [0.1, 0.15) is 131 Å². The standard InChI is InChI=1S/C36H45P/c1-4-16-28(17-5-1)31-22-10-13-25-34(31)37(35-26-14-11-23-32(35)29-18-6-2-7-19-29)36-27-15-12-24-33(36)30-20-8-3-9-21-30/h10-15,22-30H,1-9,16-21H2. The second-order valence-corrected chi connectivity index (χ2v) is 14.1. The average molecular weight is 509 g/mol. The highest BCUT2D eigenvalue weighted by atomic mass is 31.1. The summed E-state index contributed by atoms with van der Waals surface area (Å²) in [6.07, 6.45) is 20.9. The van der Waals surface area contributed by atoms with Gasteiger partial charge in [0.25, 0.3) is 0 Å². The Hall–Kier alpha value is -1.91. The first-order valence-corrected chi connectivity index (χ1v) is 16.8. The lowest BCUT2D eigenvalue weighted by Crippen LogP contribution is -2.30. The molecule has 194 valence electrons. The molecule has 0 radical (unpaired) electrons. The molecule has 0 saturated heterocycles. The molecule has 0 nitrogen and oxygen atoms in total. The molecule has 37 heavy (non-hydrogen) atoms. The zero-order valence-electron chi connectivity index (χ0n) is 22.7. The van der Waals surface area contributed by atoms with Gasteiger partial charge in [-0.3, -0.25) is 0 Å². The maximum atomic E-state index is 2.53. The first kappa shape index (κ1) is 25.4. The van der Waals surface area contributed by atoms with Crippen molar-refractivity contribution in [1.29, 1.82) is 0 Å². The smallest absolute Gasteiger partial charge is 0.0116 e. The van der Waals surface area contributed by atoms with Crippen molar-refractivity contribution in [3.05, 3.63) is 89.5 Å². The lowest BCUT2D eigenvalue weighted by atomic mass is 9.84. The Labute approximate surface area is 227 Å². The van der Waals surface area contributed by atoms with Gasteiger partial charge >= 0.3 is 0 Å². The second-order valence-electron chi connectivity index (χ2n) is 12.0. The monoisotopic (exact) mass is 508 g/mol. The van der Waals surface area contributed by atoms with E-state index in [1.54, 1.807) is 32.6 Å². The summed E-state index contributed by atoms with van der Waals surface area (Å²) in [4.78, 5) is 0. The van der Waals surface area contributed by atoms with Crippen LogP contribution in [-0.2, 0) is 0 Å². The summed E-state index contributed by atoms with van der Waals surface area (Å²) >= 11 is 0. The number of hydrogen-bond acceptors (Lipinski definition) is 0. The van der Waals surface area contributed by atoms with Crippen LogP contribution in [0.4, 0.5) is 0 Å². The molecule has 0 N–H and O–H groups in total. The van der Waals surface area contributed by atoms with E-state index in [0.29, 0.717) is 0 Å². The highest BCUT2D eigenvalue weighted by Gasteiger charge is 2.31. The van der Waals surface area contributed by atoms with E-state index in [9.17, 15) is 0 Å². The molecule has 0 bridgehead atoms. The Morgan fingerprint density at radius 3 is 0.919 bits per heavy atom. The van der Waals surface area contributed by atoms with E-state index in [2.05, 4.69) is 72.8 Å². The van der Waals surface area contributed by atoms with Crippen molar-refractivity contribution < 1.29 is 0 Å². The van der Waals surface area contributed by atoms with Gasteiger partial charge < -0.3 is 0 Å². The summed E-state index contributed by atoms with van der Waals surface area (Å²) in [5, 5.41) is 4.99. The van der Waals surface area contributed by atoms with Crippen LogP contribution in [0.5, 0.6) is 0 Å². The normalized spacial score (nSPS) is 20.4. The van der Waals surface area contributed by atoms with Crippen LogP contribution in [-0.4, -0.2) is 0 Å². The molecular weight excluding hydrogens is 463 g/mol. The molecule has 3 fully saturated rings. The van der Waals surface area contributed by atoms with Crippen LogP contribution < -0.4 is 15.9 Å². The van der Waals surface area contributed by atoms with Crippen molar-refractivity contribution in [2.45, 2.75) is 114 Å². The average Bonchev–Trinajstić information content (AvgIpc) is 2.99. The molecule has 0 heterocycles. The molecule has 0 aromatic heterocycles. The summed E-state index contributed by atoms with van der Waals surface area (Å²) in [6.45, 7) is 0. The number of benzene rings is 3. The minimum atomic E-state index is -0.583. The summed E-state index contributed by atoms with van der Waals surface area (Å²) in [5.41, 5.74) is 5.01. The molecule has 3 saturated carbocycles. The SMILES string of the molecule is c1ccc(P(c2ccccc2C2CCCCC2)c2ccccc2C2CCCCC2)c(C2CCCCC2)c1. The molecule has 6 rings (SSSR count). The molecule has 3 aromatic rings. The van der Waals surface area contributed by atoms with Crippen molar-refractivity contribution in [3.63, 3.8) is 0 Å². The Morgan fingerprint density at radius 2 is 0.622 bits per heavy atom. The molecule has 1 heteroatoms. The zero-order valence-corrected chi connectivity index (χ0v) is 23.6. The van der Waals surface area contributed by atoms with Gasteiger partial charge in [-0.05, 0) is 96.8 Å². The molecular formula is C36H45P. The first-order valence-electron chi connectivity index (χ1n) is 15.5. The van der Waals surface area contributed by atoms with Crippen LogP contribution in [0.25, 0.3) is 0 Å². The van der Waals surface area contributed by atoms with Crippen LogP contribution in [0.2, 0.25) is 0 Å². The molecule has 0 spiro atoms. The van der Waals surface area contributed by atoms with E-state index in [0.717, 1.165) is 17.8 Å². The van der Waals surface area contributed by atoms with Gasteiger partial charge in [0.1, 0.15) is 0 Å². The van der Waals surface area contributed by atoms with E-state index < -0.39 is 7.92 Å². The third-order valence-corrected chi connectivity index (χ3v) is 12.3. The maximum absolute atomic E-state index is 2.53. The van der Waals surface area contributed by atoms with Gasteiger partial charge in [0.2, 0.25) is 0 Å². The minimum absolute atomic E-state index is 0.583. The molecule has 3 aliphatic carbocycles. The van der Waals surface area contributed by atoms with Crippen molar-refractivity contribution in [2.24, 2.45) is 0 Å². The van der Waals surface area contributed by atoms with Crippen LogP contribution in [0.15, 0.2) is 72.8 Å². The fourth-order valence-electron chi connectivity index (χ4n) is 7.74. The van der Waals surface area contributed by atoms with Crippen LogP contribution in [0.3, 0.4) is 0 Å². The van der Waals surface area contributed by atoms with E-state index in [4.69, 9.17) is 0 Å². The Kier molecular flexibility index (Phi) is 8.43. The highest BCUT2D eigenvalue weighted by Crippen LogP contribution is 2.45. The predicted molar refractivity (Wildman–Crippen MR) is 163 cm³/mol. The topological polar surface area (TPSA) is 0 Å². The van der Waals surface area contributed by atoms with Gasteiger partial charge in [0.05, 0.1) is 0 Å². The van der Waals surface area contributed by atoms with Crippen molar-refractivity contribution in [1.82, 2.24) is 0 Å². The largest absolute Gasteiger partial charge is 0.0619 e. The first-order chi connectivity index (χ1) is 18.4. The van der Waals surface area contributed by atoms with Crippen LogP contribution >= 0.6 is 7.92 Å². The maximum Gasteiger partial charge on any atom is -0.0116 e. The Balaban J connectivity index is 1.53. The van der Waals surface area contributed by atoms with Gasteiger partial charge in [0.15, 0.2) is 0 Å². The Bertz CT molecular complexity index is 998. The van der Waals surface area contributed by atoms with Crippen molar-refractivity contribution in [2.75, 3.05) is 0 Å². The fraction of sp³-hybridized carbons (Fsp3) is 0.500. The van der Waals surface area contributed by atoms with Gasteiger partial charge in [0, 0.05) is 0 Å². The summed E-state index contributed by atoms with van der Waals surface area (Å²) in [6, 6.07) is 29.1. The van der Waals surface area contributed by atoms with Gasteiger partial charge in [-0.15, -0.1) is 0 Å². The highest BCUT2D eigenvalue weighted by molar-refractivity contribution is 7.80. The van der Waals surface area contributed by atoms with Gasteiger partial charge in [-0.1, -0.05) is 131 Å². The lowest BCUT2D eigenvalue weighted by Gasteiger charge is -2.34. The van der Waals surface area contributed by atoms with Crippen molar-refractivity contribution in [3.8, 4) is 0 Å². The minimum Gasteiger partial charge on any atom is -0.0619 e. The van der Waals surface area contributed by atoms with E-state index in [1.807, 2.05) is 0 Å². The number of hydrogen-bond donors (Lipinski definition) is 0. The Morgan fingerprint density at radius 1 is 0.351 bits per heavy atom. The summed E-state index contributed by atoms with van der Waals surface area (Å²) in [7, 11) is -0.583. The van der Waals surface area contributed by atoms with Gasteiger partial charge in [-0.25, -0.2) is 0 Å². The lowest BCUT2D eigenvalue weighted by molar-refractivity contribution is 0.444.